The molecule has 0 bridgehead atoms. The normalized spacial score (nSPS) is 15.0. The molecule has 3 heteroatoms. The zero-order valence-corrected chi connectivity index (χ0v) is 17.0. The zero-order chi connectivity index (χ0) is 18.9. The van der Waals surface area contributed by atoms with Gasteiger partial charge in [-0.05, 0) is 23.8 Å². The molecule has 2 aromatic rings. The summed E-state index contributed by atoms with van der Waals surface area (Å²) in [6, 6.07) is 18.6. The van der Waals surface area contributed by atoms with Crippen molar-refractivity contribution in [1.29, 1.82) is 0 Å². The Morgan fingerprint density at radius 2 is 1.16 bits per heavy atom. The number of benzene rings is 2. The monoisotopic (exact) mass is 356 g/mol. The summed E-state index contributed by atoms with van der Waals surface area (Å²) < 4.78 is 0. The van der Waals surface area contributed by atoms with Gasteiger partial charge in [0.2, 0.25) is 5.78 Å². The Morgan fingerprint density at radius 1 is 0.760 bits per heavy atom. The van der Waals surface area contributed by atoms with E-state index in [1.54, 1.807) is 12.1 Å². The lowest BCUT2D eigenvalue weighted by molar-refractivity contribution is 0.0628. The first-order valence-electron chi connectivity index (χ1n) is 8.67. The van der Waals surface area contributed by atoms with E-state index < -0.39 is 13.3 Å². The molecule has 0 radical (unpaired) electrons. The number of aliphatic hydroxyl groups is 1. The zero-order valence-electron chi connectivity index (χ0n) is 16.1. The van der Waals surface area contributed by atoms with Gasteiger partial charge < -0.3 is 5.11 Å². The Morgan fingerprint density at radius 3 is 1.56 bits per heavy atom. The van der Waals surface area contributed by atoms with E-state index >= 15 is 0 Å². The summed E-state index contributed by atoms with van der Waals surface area (Å²) in [5.74, 6) is -0.213. The third kappa shape index (κ3) is 4.02. The lowest BCUT2D eigenvalue weighted by atomic mass is 9.99. The van der Waals surface area contributed by atoms with E-state index in [-0.39, 0.29) is 16.1 Å². The summed E-state index contributed by atoms with van der Waals surface area (Å²) in [5.41, 5.74) is 1.23. The van der Waals surface area contributed by atoms with Crippen LogP contribution in [0.2, 0.25) is 0 Å². The van der Waals surface area contributed by atoms with Crippen LogP contribution in [0, 0.1) is 0 Å². The standard InChI is InChI=1S/C22H29O2P/c1-20(2,3)25(21(4,5)6)22(24,18-15-11-8-12-16-18)19(23)17-13-9-7-10-14-17/h7-16,24H,1-6H3. The van der Waals surface area contributed by atoms with Crippen molar-refractivity contribution in [2.24, 2.45) is 0 Å². The van der Waals surface area contributed by atoms with Crippen LogP contribution in [0.15, 0.2) is 60.7 Å². The Hall–Kier alpha value is -1.50. The van der Waals surface area contributed by atoms with E-state index in [0.29, 0.717) is 11.1 Å². The van der Waals surface area contributed by atoms with Crippen LogP contribution < -0.4 is 0 Å². The average molecular weight is 356 g/mol. The molecule has 1 unspecified atom stereocenters. The first-order valence-corrected chi connectivity index (χ1v) is 10.0. The molecule has 1 atom stereocenters. The second-order valence-corrected chi connectivity index (χ2v) is 12.4. The van der Waals surface area contributed by atoms with E-state index in [9.17, 15) is 9.90 Å². The SMILES string of the molecule is CC(C)(C)P(C(C)(C)C)C(O)(C(=O)c1ccccc1)c1ccccc1. The highest BCUT2D eigenvalue weighted by Gasteiger charge is 2.54. The van der Waals surface area contributed by atoms with Crippen LogP contribution >= 0.6 is 7.92 Å². The van der Waals surface area contributed by atoms with Crippen molar-refractivity contribution < 1.29 is 9.90 Å². The molecule has 2 nitrogen and oxygen atoms in total. The van der Waals surface area contributed by atoms with Crippen molar-refractivity contribution in [2.45, 2.75) is 57.2 Å². The summed E-state index contributed by atoms with van der Waals surface area (Å²) in [6.07, 6.45) is 0. The fraction of sp³-hybridized carbons (Fsp3) is 0.409. The van der Waals surface area contributed by atoms with Gasteiger partial charge in [-0.25, -0.2) is 0 Å². The maximum atomic E-state index is 13.6. The number of carbonyl (C=O) groups excluding carboxylic acids is 1. The first kappa shape index (κ1) is 19.8. The third-order valence-corrected chi connectivity index (χ3v) is 7.99. The molecule has 0 aliphatic rings. The molecule has 0 saturated heterocycles. The summed E-state index contributed by atoms with van der Waals surface area (Å²) in [6.45, 7) is 12.7. The van der Waals surface area contributed by atoms with Gasteiger partial charge in [0.1, 0.15) is 0 Å². The minimum atomic E-state index is -1.53. The number of carbonyl (C=O) groups is 1. The quantitative estimate of drug-likeness (QED) is 0.556. The second kappa shape index (κ2) is 7.02. The van der Waals surface area contributed by atoms with Gasteiger partial charge in [0.15, 0.2) is 5.34 Å². The third-order valence-electron chi connectivity index (χ3n) is 4.19. The smallest absolute Gasteiger partial charge is 0.203 e. The predicted octanol–water partition coefficient (Wildman–Crippen LogP) is 5.79. The van der Waals surface area contributed by atoms with E-state index in [0.717, 1.165) is 0 Å². The number of Topliss-reactive ketones (excluding diaryl/α,β-unsaturated/α-hetero) is 1. The van der Waals surface area contributed by atoms with Crippen LogP contribution in [0.4, 0.5) is 0 Å². The molecule has 0 amide bonds. The Labute approximate surface area is 153 Å². The second-order valence-electron chi connectivity index (χ2n) is 8.41. The summed E-state index contributed by atoms with van der Waals surface area (Å²) in [7, 11) is -1.12. The van der Waals surface area contributed by atoms with Gasteiger partial charge in [-0.15, -0.1) is 0 Å². The highest BCUT2D eigenvalue weighted by atomic mass is 31.1. The van der Waals surface area contributed by atoms with Gasteiger partial charge in [0.25, 0.3) is 0 Å². The van der Waals surface area contributed by atoms with E-state index in [1.165, 1.54) is 0 Å². The van der Waals surface area contributed by atoms with Crippen molar-refractivity contribution in [3.8, 4) is 0 Å². The summed E-state index contributed by atoms with van der Waals surface area (Å²) in [5, 5.41) is 10.1. The molecule has 2 rings (SSSR count). The fourth-order valence-corrected chi connectivity index (χ4v) is 8.49. The summed E-state index contributed by atoms with van der Waals surface area (Å²) in [4.78, 5) is 13.6. The molecule has 25 heavy (non-hydrogen) atoms. The minimum Gasteiger partial charge on any atom is -0.373 e. The van der Waals surface area contributed by atoms with Gasteiger partial charge in [-0.3, -0.25) is 4.79 Å². The van der Waals surface area contributed by atoms with Crippen LogP contribution in [-0.4, -0.2) is 21.2 Å². The molecule has 0 aliphatic carbocycles. The molecule has 0 spiro atoms. The highest BCUT2D eigenvalue weighted by Crippen LogP contribution is 2.70. The Kier molecular flexibility index (Phi) is 5.56. The van der Waals surface area contributed by atoms with Crippen molar-refractivity contribution in [3.63, 3.8) is 0 Å². The van der Waals surface area contributed by atoms with Crippen molar-refractivity contribution >= 4 is 13.7 Å². The van der Waals surface area contributed by atoms with Gasteiger partial charge in [0, 0.05) is 5.56 Å². The number of hydrogen-bond donors (Lipinski definition) is 1. The molecule has 0 fully saturated rings. The Balaban J connectivity index is 2.75. The average Bonchev–Trinajstić information content (AvgIpc) is 2.53. The number of hydrogen-bond acceptors (Lipinski definition) is 2. The maximum absolute atomic E-state index is 13.6. The lowest BCUT2D eigenvalue weighted by Crippen LogP contribution is -2.44. The molecule has 1 N–H and O–H groups in total. The molecule has 0 saturated carbocycles. The van der Waals surface area contributed by atoms with Crippen molar-refractivity contribution in [3.05, 3.63) is 71.8 Å². The molecular weight excluding hydrogens is 327 g/mol. The topological polar surface area (TPSA) is 37.3 Å². The predicted molar refractivity (Wildman–Crippen MR) is 108 cm³/mol. The summed E-state index contributed by atoms with van der Waals surface area (Å²) >= 11 is 0. The van der Waals surface area contributed by atoms with Crippen molar-refractivity contribution in [1.82, 2.24) is 0 Å². The molecule has 2 aromatic carbocycles. The largest absolute Gasteiger partial charge is 0.373 e. The van der Waals surface area contributed by atoms with Gasteiger partial charge in [0.05, 0.1) is 0 Å². The van der Waals surface area contributed by atoms with Gasteiger partial charge in [-0.1, -0.05) is 102 Å². The van der Waals surface area contributed by atoms with Gasteiger partial charge in [-0.2, -0.15) is 0 Å². The maximum Gasteiger partial charge on any atom is 0.203 e. The van der Waals surface area contributed by atoms with Crippen LogP contribution in [0.5, 0.6) is 0 Å². The minimum absolute atomic E-state index is 0.206. The molecule has 0 heterocycles. The molecular formula is C22H29O2P. The van der Waals surface area contributed by atoms with Crippen LogP contribution in [0.25, 0.3) is 0 Å². The molecule has 0 aromatic heterocycles. The van der Waals surface area contributed by atoms with Crippen LogP contribution in [0.3, 0.4) is 0 Å². The Bertz CT molecular complexity index is 697. The van der Waals surface area contributed by atoms with Crippen molar-refractivity contribution in [2.75, 3.05) is 0 Å². The number of ketones is 1. The van der Waals surface area contributed by atoms with E-state index in [1.807, 2.05) is 48.5 Å². The van der Waals surface area contributed by atoms with E-state index in [2.05, 4.69) is 41.5 Å². The van der Waals surface area contributed by atoms with Gasteiger partial charge >= 0.3 is 0 Å². The number of rotatable bonds is 4. The first-order chi connectivity index (χ1) is 11.5. The molecule has 0 aliphatic heterocycles. The van der Waals surface area contributed by atoms with Crippen LogP contribution in [-0.2, 0) is 5.34 Å². The fourth-order valence-electron chi connectivity index (χ4n) is 3.80. The lowest BCUT2D eigenvalue weighted by Gasteiger charge is -2.50. The van der Waals surface area contributed by atoms with Crippen LogP contribution in [0.1, 0.15) is 57.5 Å². The molecule has 134 valence electrons. The highest BCUT2D eigenvalue weighted by molar-refractivity contribution is 7.62. The van der Waals surface area contributed by atoms with E-state index in [4.69, 9.17) is 0 Å².